The van der Waals surface area contributed by atoms with E-state index in [2.05, 4.69) is 60.8 Å². The van der Waals surface area contributed by atoms with Crippen LogP contribution < -0.4 is 10.2 Å². The quantitative estimate of drug-likeness (QED) is 0.0272. The van der Waals surface area contributed by atoms with E-state index >= 15 is 0 Å². The molecule has 0 rings (SSSR count). The van der Waals surface area contributed by atoms with Crippen LogP contribution in [0.2, 0.25) is 0 Å². The van der Waals surface area contributed by atoms with Crippen LogP contribution in [-0.2, 0) is 18.4 Å². The van der Waals surface area contributed by atoms with Crippen LogP contribution >= 0.6 is 7.82 Å². The predicted molar refractivity (Wildman–Crippen MR) is 274 cm³/mol. The molecule has 3 unspecified atom stereocenters. The van der Waals surface area contributed by atoms with Gasteiger partial charge in [0, 0.05) is 6.42 Å². The Morgan fingerprint density at radius 3 is 1.36 bits per heavy atom. The number of phosphoric ester groups is 1. The van der Waals surface area contributed by atoms with Crippen molar-refractivity contribution in [2.45, 2.75) is 244 Å². The van der Waals surface area contributed by atoms with Crippen molar-refractivity contribution in [2.24, 2.45) is 0 Å². The summed E-state index contributed by atoms with van der Waals surface area (Å²) < 4.78 is 22.9. The highest BCUT2D eigenvalue weighted by Gasteiger charge is 2.23. The highest BCUT2D eigenvalue weighted by atomic mass is 31.2. The second-order valence-corrected chi connectivity index (χ2v) is 20.6. The SMILES string of the molecule is CC/C=C\C/C=C\C/C=C\C/C=C\CCCCCCCCCCCCCCCCCCCCCCCCCCCCC(=O)NC(COP(=O)([O-])OCC[N+](C)(C)C)C(O)/C=C/CCC. The second kappa shape index (κ2) is 46.3. The minimum Gasteiger partial charge on any atom is -0.756 e. The molecule has 0 radical (unpaired) electrons. The Morgan fingerprint density at radius 1 is 0.562 bits per heavy atom. The Labute approximate surface area is 396 Å². The van der Waals surface area contributed by atoms with E-state index in [0.29, 0.717) is 17.4 Å². The van der Waals surface area contributed by atoms with Crippen LogP contribution in [0.15, 0.2) is 60.8 Å². The molecule has 0 aliphatic heterocycles. The molecule has 0 aliphatic carbocycles. The highest BCUT2D eigenvalue weighted by Crippen LogP contribution is 2.38. The number of carbonyl (C=O) groups excluding carboxylic acids is 1. The van der Waals surface area contributed by atoms with Gasteiger partial charge in [-0.25, -0.2) is 0 Å². The average molecular weight is 919 g/mol. The zero-order valence-corrected chi connectivity index (χ0v) is 43.4. The maximum Gasteiger partial charge on any atom is 0.268 e. The van der Waals surface area contributed by atoms with Gasteiger partial charge in [0.1, 0.15) is 13.2 Å². The normalized spacial score (nSPS) is 14.5. The fourth-order valence-electron chi connectivity index (χ4n) is 7.56. The van der Waals surface area contributed by atoms with E-state index in [0.717, 1.165) is 57.8 Å². The summed E-state index contributed by atoms with van der Waals surface area (Å²) in [7, 11) is 1.26. The molecule has 0 saturated carbocycles. The van der Waals surface area contributed by atoms with Gasteiger partial charge in [-0.2, -0.15) is 0 Å². The molecule has 0 aromatic heterocycles. The van der Waals surface area contributed by atoms with E-state index in [1.165, 1.54) is 154 Å². The molecule has 0 aromatic rings. The standard InChI is InChI=1S/C55H103N2O6P/c1-6-8-10-11-12-13-14-15-16-17-18-19-20-21-22-23-24-25-26-27-28-29-30-31-32-33-34-35-36-37-38-39-40-41-42-43-44-45-47-49-55(59)56-53(54(58)48-46-9-7-2)52-63-64(60,61)62-51-50-57(3,4)5/h8,10,12-13,15-16,18-19,46,48,53-54,58H,6-7,9,11,14,17,20-45,47,49-52H2,1-5H3,(H-,56,59,60,61)/b10-8-,13-12-,16-15-,19-18-,48-46+. The zero-order valence-electron chi connectivity index (χ0n) is 42.5. The van der Waals surface area contributed by atoms with Gasteiger partial charge in [0.2, 0.25) is 5.91 Å². The molecule has 0 aromatic carbocycles. The van der Waals surface area contributed by atoms with Gasteiger partial charge in [-0.1, -0.05) is 235 Å². The number of hydrogen-bond acceptors (Lipinski definition) is 6. The van der Waals surface area contributed by atoms with Gasteiger partial charge in [-0.15, -0.1) is 0 Å². The summed E-state index contributed by atoms with van der Waals surface area (Å²) in [4.78, 5) is 25.0. The number of phosphoric acid groups is 1. The van der Waals surface area contributed by atoms with E-state index in [1.807, 2.05) is 34.1 Å². The van der Waals surface area contributed by atoms with Crippen molar-refractivity contribution in [2.75, 3.05) is 40.9 Å². The fourth-order valence-corrected chi connectivity index (χ4v) is 8.29. The third kappa shape index (κ3) is 48.1. The summed E-state index contributed by atoms with van der Waals surface area (Å²) in [6.07, 6.45) is 62.8. The third-order valence-corrected chi connectivity index (χ3v) is 12.7. The summed E-state index contributed by atoms with van der Waals surface area (Å²) in [6.45, 7) is 4.32. The van der Waals surface area contributed by atoms with Crippen molar-refractivity contribution >= 4 is 13.7 Å². The number of aliphatic hydroxyl groups is 1. The number of unbranched alkanes of at least 4 members (excludes halogenated alkanes) is 27. The number of likely N-dealkylation sites (N-methyl/N-ethyl adjacent to an activating group) is 1. The van der Waals surface area contributed by atoms with Gasteiger partial charge < -0.3 is 28.8 Å². The fraction of sp³-hybridized carbons (Fsp3) is 0.800. The molecular weight excluding hydrogens is 816 g/mol. The average Bonchev–Trinajstić information content (AvgIpc) is 3.25. The Hall–Kier alpha value is -1.80. The Balaban J connectivity index is 3.61. The topological polar surface area (TPSA) is 108 Å². The van der Waals surface area contributed by atoms with Crippen LogP contribution in [0, 0.1) is 0 Å². The summed E-state index contributed by atoms with van der Waals surface area (Å²) in [6, 6.07) is -0.880. The molecule has 0 bridgehead atoms. The van der Waals surface area contributed by atoms with Gasteiger partial charge in [0.05, 0.1) is 39.9 Å². The molecule has 0 aliphatic rings. The van der Waals surface area contributed by atoms with Crippen molar-refractivity contribution in [3.63, 3.8) is 0 Å². The zero-order chi connectivity index (χ0) is 47.1. The number of rotatable bonds is 48. The Kier molecular flexibility index (Phi) is 45.0. The smallest absolute Gasteiger partial charge is 0.268 e. The van der Waals surface area contributed by atoms with Gasteiger partial charge in [-0.05, 0) is 51.4 Å². The highest BCUT2D eigenvalue weighted by molar-refractivity contribution is 7.45. The van der Waals surface area contributed by atoms with Gasteiger partial charge in [0.25, 0.3) is 7.82 Å². The maximum absolute atomic E-state index is 12.7. The molecule has 1 amide bonds. The van der Waals surface area contributed by atoms with E-state index in [9.17, 15) is 19.4 Å². The maximum atomic E-state index is 12.7. The number of aliphatic hydroxyl groups excluding tert-OH is 1. The van der Waals surface area contributed by atoms with Crippen LogP contribution in [0.1, 0.15) is 232 Å². The second-order valence-electron chi connectivity index (χ2n) is 19.2. The van der Waals surface area contributed by atoms with Crippen molar-refractivity contribution in [1.29, 1.82) is 0 Å². The molecule has 0 heterocycles. The number of amides is 1. The number of quaternary nitrogens is 1. The predicted octanol–water partition coefficient (Wildman–Crippen LogP) is 15.1. The van der Waals surface area contributed by atoms with Crippen molar-refractivity contribution < 1.29 is 32.9 Å². The minimum absolute atomic E-state index is 0.00226. The molecule has 9 heteroatoms. The monoisotopic (exact) mass is 919 g/mol. The third-order valence-electron chi connectivity index (χ3n) is 11.7. The van der Waals surface area contributed by atoms with E-state index in [4.69, 9.17) is 9.05 Å². The van der Waals surface area contributed by atoms with Crippen LogP contribution in [0.25, 0.3) is 0 Å². The van der Waals surface area contributed by atoms with Crippen molar-refractivity contribution in [1.82, 2.24) is 5.32 Å². The van der Waals surface area contributed by atoms with Crippen molar-refractivity contribution in [3.8, 4) is 0 Å². The van der Waals surface area contributed by atoms with Crippen LogP contribution in [0.3, 0.4) is 0 Å². The van der Waals surface area contributed by atoms with Gasteiger partial charge >= 0.3 is 0 Å². The first kappa shape index (κ1) is 62.2. The van der Waals surface area contributed by atoms with Crippen LogP contribution in [0.4, 0.5) is 0 Å². The van der Waals surface area contributed by atoms with Gasteiger partial charge in [0.15, 0.2) is 0 Å². The summed E-state index contributed by atoms with van der Waals surface area (Å²) >= 11 is 0. The molecule has 0 fully saturated rings. The van der Waals surface area contributed by atoms with Gasteiger partial charge in [-0.3, -0.25) is 9.36 Å². The lowest BCUT2D eigenvalue weighted by Gasteiger charge is -2.29. The molecule has 3 atom stereocenters. The van der Waals surface area contributed by atoms with Crippen molar-refractivity contribution in [3.05, 3.63) is 60.8 Å². The molecule has 8 nitrogen and oxygen atoms in total. The minimum atomic E-state index is -4.56. The first-order chi connectivity index (χ1) is 31.0. The summed E-state index contributed by atoms with van der Waals surface area (Å²) in [5, 5.41) is 13.4. The van der Waals surface area contributed by atoms with E-state index < -0.39 is 20.0 Å². The largest absolute Gasteiger partial charge is 0.756 e. The first-order valence-corrected chi connectivity index (χ1v) is 28.1. The van der Waals surface area contributed by atoms with Crippen LogP contribution in [-0.4, -0.2) is 68.5 Å². The Morgan fingerprint density at radius 2 is 0.953 bits per heavy atom. The number of allylic oxidation sites excluding steroid dienone is 9. The molecule has 0 spiro atoms. The summed E-state index contributed by atoms with van der Waals surface area (Å²) in [5.41, 5.74) is 0. The molecule has 2 N–H and O–H groups in total. The van der Waals surface area contributed by atoms with E-state index in [1.54, 1.807) is 6.08 Å². The number of nitrogens with zero attached hydrogens (tertiary/aromatic N) is 1. The van der Waals surface area contributed by atoms with Crippen LogP contribution in [0.5, 0.6) is 0 Å². The summed E-state index contributed by atoms with van der Waals surface area (Å²) in [5.74, 6) is -0.207. The number of hydrogen-bond donors (Lipinski definition) is 2. The number of nitrogens with one attached hydrogen (secondary N) is 1. The Bertz CT molecular complexity index is 1230. The van der Waals surface area contributed by atoms with E-state index in [-0.39, 0.29) is 19.1 Å². The number of carbonyl (C=O) groups is 1. The lowest BCUT2D eigenvalue weighted by molar-refractivity contribution is -0.870. The lowest BCUT2D eigenvalue weighted by Crippen LogP contribution is -2.45. The molecule has 0 saturated heterocycles. The molecule has 64 heavy (non-hydrogen) atoms. The lowest BCUT2D eigenvalue weighted by atomic mass is 10.0. The first-order valence-electron chi connectivity index (χ1n) is 26.7. The molecular formula is C55H103N2O6P. The molecule has 374 valence electrons.